The van der Waals surface area contributed by atoms with E-state index in [1.54, 1.807) is 6.07 Å². The van der Waals surface area contributed by atoms with E-state index >= 15 is 0 Å². The van der Waals surface area contributed by atoms with Gasteiger partial charge < -0.3 is 4.74 Å². The van der Waals surface area contributed by atoms with Crippen LogP contribution in [0.1, 0.15) is 35.8 Å². The lowest BCUT2D eigenvalue weighted by molar-refractivity contribution is -0.140. The standard InChI is InChI=1S/C15H14F3NO2/c1-3-4-11(20)9-5-7-12(21-2)14-10(9)6-8-13(19-14)15(16,17)18/h5-8H,3-4H2,1-2H3. The molecule has 3 nitrogen and oxygen atoms in total. The molecular weight excluding hydrogens is 283 g/mol. The normalized spacial score (nSPS) is 11.7. The highest BCUT2D eigenvalue weighted by Crippen LogP contribution is 2.33. The number of benzene rings is 1. The van der Waals surface area contributed by atoms with Crippen molar-refractivity contribution >= 4 is 16.7 Å². The molecule has 0 bridgehead atoms. The summed E-state index contributed by atoms with van der Waals surface area (Å²) in [6.45, 7) is 1.86. The molecule has 0 amide bonds. The van der Waals surface area contributed by atoms with E-state index in [-0.39, 0.29) is 17.0 Å². The second-order valence-electron chi connectivity index (χ2n) is 4.58. The van der Waals surface area contributed by atoms with Gasteiger partial charge >= 0.3 is 6.18 Å². The molecular formula is C15H14F3NO2. The molecule has 6 heteroatoms. The number of halogens is 3. The number of Topliss-reactive ketones (excluding diaryl/α,β-unsaturated/α-hetero) is 1. The Balaban J connectivity index is 2.69. The molecule has 0 unspecified atom stereocenters. The smallest absolute Gasteiger partial charge is 0.433 e. The largest absolute Gasteiger partial charge is 0.494 e. The van der Waals surface area contributed by atoms with Gasteiger partial charge in [0.05, 0.1) is 7.11 Å². The molecule has 0 saturated carbocycles. The highest BCUT2D eigenvalue weighted by Gasteiger charge is 2.33. The Morgan fingerprint density at radius 2 is 1.95 bits per heavy atom. The highest BCUT2D eigenvalue weighted by atomic mass is 19.4. The molecule has 0 aliphatic heterocycles. The van der Waals surface area contributed by atoms with Crippen LogP contribution < -0.4 is 4.74 Å². The van der Waals surface area contributed by atoms with Gasteiger partial charge in [-0.15, -0.1) is 0 Å². The number of hydrogen-bond donors (Lipinski definition) is 0. The molecule has 2 aromatic rings. The maximum atomic E-state index is 12.8. The number of methoxy groups -OCH3 is 1. The van der Waals surface area contributed by atoms with E-state index < -0.39 is 11.9 Å². The number of fused-ring (bicyclic) bond motifs is 1. The molecule has 0 spiro atoms. The number of aromatic nitrogens is 1. The van der Waals surface area contributed by atoms with E-state index in [4.69, 9.17) is 4.74 Å². The van der Waals surface area contributed by atoms with Crippen molar-refractivity contribution in [2.75, 3.05) is 7.11 Å². The molecule has 0 N–H and O–H groups in total. The van der Waals surface area contributed by atoms with Crippen LogP contribution in [0.5, 0.6) is 5.75 Å². The Kier molecular flexibility index (Phi) is 4.16. The number of carbonyl (C=O) groups excluding carboxylic acids is 1. The molecule has 0 atom stereocenters. The maximum Gasteiger partial charge on any atom is 0.433 e. The zero-order chi connectivity index (χ0) is 15.6. The maximum absolute atomic E-state index is 12.8. The van der Waals surface area contributed by atoms with Gasteiger partial charge in [0.25, 0.3) is 0 Å². The van der Waals surface area contributed by atoms with Crippen LogP contribution in [0.15, 0.2) is 24.3 Å². The number of carbonyl (C=O) groups is 1. The van der Waals surface area contributed by atoms with Crippen LogP contribution in [0, 0.1) is 0 Å². The van der Waals surface area contributed by atoms with Crippen molar-refractivity contribution in [3.05, 3.63) is 35.5 Å². The van der Waals surface area contributed by atoms with Gasteiger partial charge in [-0.05, 0) is 30.7 Å². The van der Waals surface area contributed by atoms with Crippen molar-refractivity contribution in [1.82, 2.24) is 4.98 Å². The summed E-state index contributed by atoms with van der Waals surface area (Å²) in [6, 6.07) is 5.19. The van der Waals surface area contributed by atoms with Crippen LogP contribution in [-0.2, 0) is 6.18 Å². The van der Waals surface area contributed by atoms with Crippen molar-refractivity contribution in [2.24, 2.45) is 0 Å². The van der Waals surface area contributed by atoms with Crippen LogP contribution in [0.25, 0.3) is 10.9 Å². The first-order valence-electron chi connectivity index (χ1n) is 6.46. The van der Waals surface area contributed by atoms with Gasteiger partial charge in [-0.25, -0.2) is 4.98 Å². The topological polar surface area (TPSA) is 39.2 Å². The van der Waals surface area contributed by atoms with E-state index in [9.17, 15) is 18.0 Å². The fourth-order valence-electron chi connectivity index (χ4n) is 2.12. The van der Waals surface area contributed by atoms with Crippen molar-refractivity contribution < 1.29 is 22.7 Å². The minimum Gasteiger partial charge on any atom is -0.494 e. The predicted octanol–water partition coefficient (Wildman–Crippen LogP) is 4.25. The SMILES string of the molecule is CCCC(=O)c1ccc(OC)c2nc(C(F)(F)F)ccc12. The molecule has 112 valence electrons. The summed E-state index contributed by atoms with van der Waals surface area (Å²) in [5.74, 6) is 0.0934. The first-order chi connectivity index (χ1) is 9.88. The zero-order valence-electron chi connectivity index (χ0n) is 11.6. The van der Waals surface area contributed by atoms with Gasteiger partial charge in [0, 0.05) is 17.4 Å². The van der Waals surface area contributed by atoms with Crippen molar-refractivity contribution in [3.8, 4) is 5.75 Å². The third kappa shape index (κ3) is 2.99. The highest BCUT2D eigenvalue weighted by molar-refractivity contribution is 6.08. The summed E-state index contributed by atoms with van der Waals surface area (Å²) in [5, 5.41) is 0.376. The number of pyridine rings is 1. The fraction of sp³-hybridized carbons (Fsp3) is 0.333. The lowest BCUT2D eigenvalue weighted by atomic mass is 10.0. The monoisotopic (exact) mass is 297 g/mol. The van der Waals surface area contributed by atoms with Gasteiger partial charge in [-0.2, -0.15) is 13.2 Å². The first-order valence-corrected chi connectivity index (χ1v) is 6.46. The third-order valence-corrected chi connectivity index (χ3v) is 3.11. The van der Waals surface area contributed by atoms with Gasteiger partial charge in [0.1, 0.15) is 17.0 Å². The number of hydrogen-bond acceptors (Lipinski definition) is 3. The lowest BCUT2D eigenvalue weighted by Crippen LogP contribution is -2.09. The summed E-state index contributed by atoms with van der Waals surface area (Å²) < 4.78 is 43.3. The van der Waals surface area contributed by atoms with Crippen LogP contribution in [0.4, 0.5) is 13.2 Å². The number of nitrogens with zero attached hydrogens (tertiary/aromatic N) is 1. The van der Waals surface area contributed by atoms with E-state index in [2.05, 4.69) is 4.98 Å². The molecule has 21 heavy (non-hydrogen) atoms. The number of ketones is 1. The number of alkyl halides is 3. The Morgan fingerprint density at radius 3 is 2.52 bits per heavy atom. The van der Waals surface area contributed by atoms with Gasteiger partial charge in [0.15, 0.2) is 5.78 Å². The average molecular weight is 297 g/mol. The lowest BCUT2D eigenvalue weighted by Gasteiger charge is -2.12. The molecule has 1 aromatic heterocycles. The molecule has 0 radical (unpaired) electrons. The molecule has 1 heterocycles. The Labute approximate surface area is 119 Å². The Morgan fingerprint density at radius 1 is 1.24 bits per heavy atom. The minimum absolute atomic E-state index is 0.0503. The summed E-state index contributed by atoms with van der Waals surface area (Å²) in [5.41, 5.74) is -0.587. The zero-order valence-corrected chi connectivity index (χ0v) is 11.6. The third-order valence-electron chi connectivity index (χ3n) is 3.11. The quantitative estimate of drug-likeness (QED) is 0.792. The van der Waals surface area contributed by atoms with Crippen LogP contribution in [0.2, 0.25) is 0 Å². The summed E-state index contributed by atoms with van der Waals surface area (Å²) >= 11 is 0. The van der Waals surface area contributed by atoms with E-state index in [1.807, 2.05) is 6.92 Å². The molecule has 1 aromatic carbocycles. The molecule has 0 saturated heterocycles. The number of ether oxygens (including phenoxy) is 1. The molecule has 0 aliphatic rings. The Hall–Kier alpha value is -2.11. The van der Waals surface area contributed by atoms with Crippen LogP contribution >= 0.6 is 0 Å². The molecule has 0 aliphatic carbocycles. The van der Waals surface area contributed by atoms with Gasteiger partial charge in [0.2, 0.25) is 0 Å². The summed E-state index contributed by atoms with van der Waals surface area (Å²) in [4.78, 5) is 15.7. The molecule has 0 fully saturated rings. The predicted molar refractivity (Wildman–Crippen MR) is 72.5 cm³/mol. The minimum atomic E-state index is -4.54. The second kappa shape index (κ2) is 5.71. The average Bonchev–Trinajstić information content (AvgIpc) is 2.44. The van der Waals surface area contributed by atoms with Crippen LogP contribution in [0.3, 0.4) is 0 Å². The van der Waals surface area contributed by atoms with Gasteiger partial charge in [-0.1, -0.05) is 6.92 Å². The van der Waals surface area contributed by atoms with E-state index in [0.29, 0.717) is 23.8 Å². The van der Waals surface area contributed by atoms with E-state index in [0.717, 1.165) is 6.07 Å². The first kappa shape index (κ1) is 15.3. The van der Waals surface area contributed by atoms with E-state index in [1.165, 1.54) is 19.2 Å². The second-order valence-corrected chi connectivity index (χ2v) is 4.58. The van der Waals surface area contributed by atoms with Crippen LogP contribution in [-0.4, -0.2) is 17.9 Å². The molecule has 2 rings (SSSR count). The van der Waals surface area contributed by atoms with Crippen molar-refractivity contribution in [2.45, 2.75) is 25.9 Å². The summed E-state index contributed by atoms with van der Waals surface area (Å²) in [6.07, 6.45) is -3.54. The van der Waals surface area contributed by atoms with Gasteiger partial charge in [-0.3, -0.25) is 4.79 Å². The number of rotatable bonds is 4. The Bertz CT molecular complexity index is 680. The summed E-state index contributed by atoms with van der Waals surface area (Å²) in [7, 11) is 1.35. The van der Waals surface area contributed by atoms with Crippen molar-refractivity contribution in [1.29, 1.82) is 0 Å². The fourth-order valence-corrected chi connectivity index (χ4v) is 2.12. The van der Waals surface area contributed by atoms with Crippen molar-refractivity contribution in [3.63, 3.8) is 0 Å².